The number of benzene rings is 2. The molecule has 1 unspecified atom stereocenters. The minimum atomic E-state index is 0.648. The number of rotatable bonds is 4. The Bertz CT molecular complexity index is 555. The first kappa shape index (κ1) is 14.9. The normalized spacial score (nSPS) is 28.3. The second-order valence-electron chi connectivity index (χ2n) is 7.10. The monoisotopic (exact) mass is 306 g/mol. The Hall–Kier alpha value is -1.64. The summed E-state index contributed by atoms with van der Waals surface area (Å²) in [6.07, 6.45) is 2.58. The maximum Gasteiger partial charge on any atom is 0.0201 e. The highest BCUT2D eigenvalue weighted by atomic mass is 15.2. The second kappa shape index (κ2) is 6.86. The van der Waals surface area contributed by atoms with E-state index in [-0.39, 0.29) is 0 Å². The van der Waals surface area contributed by atoms with Crippen LogP contribution in [0, 0.1) is 0 Å². The minimum Gasteiger partial charge on any atom is -0.312 e. The highest BCUT2D eigenvalue weighted by molar-refractivity contribution is 5.22. The van der Waals surface area contributed by atoms with Crippen LogP contribution in [-0.2, 0) is 0 Å². The van der Waals surface area contributed by atoms with Crippen LogP contribution in [0.25, 0.3) is 0 Å². The molecule has 0 aliphatic carbocycles. The molecule has 2 aromatic carbocycles. The maximum absolute atomic E-state index is 3.74. The first-order valence-corrected chi connectivity index (χ1v) is 8.94. The van der Waals surface area contributed by atoms with Crippen molar-refractivity contribution >= 4 is 0 Å². The zero-order valence-corrected chi connectivity index (χ0v) is 13.7. The highest BCUT2D eigenvalue weighted by Crippen LogP contribution is 2.29. The molecule has 0 bridgehead atoms. The molecule has 3 atom stereocenters. The van der Waals surface area contributed by atoms with E-state index < -0.39 is 0 Å². The Labute approximate surface area is 139 Å². The van der Waals surface area contributed by atoms with Crippen molar-refractivity contribution in [2.24, 2.45) is 0 Å². The molecule has 0 spiro atoms. The summed E-state index contributed by atoms with van der Waals surface area (Å²) in [5.74, 6) is 1.41. The third-order valence-electron chi connectivity index (χ3n) is 5.51. The summed E-state index contributed by atoms with van der Waals surface area (Å²) in [5.41, 5.74) is 3.00. The SMILES string of the molecule is c1ccc(C2CCN(C[C@@H]3C[C@H](c4ccccc4)CN3)C2)cc1. The van der Waals surface area contributed by atoms with Crippen LogP contribution in [0.2, 0.25) is 0 Å². The standard InChI is InChI=1S/C21H26N2/c1-3-7-17(8-4-1)19-11-12-23(15-19)16-21-13-20(14-22-21)18-9-5-2-6-10-18/h1-10,19-22H,11-16H2/t19?,20-,21-/m0/s1. The fraction of sp³-hybridized carbons (Fsp3) is 0.429. The van der Waals surface area contributed by atoms with Gasteiger partial charge in [0.1, 0.15) is 0 Å². The Kier molecular flexibility index (Phi) is 4.45. The molecule has 2 fully saturated rings. The first-order chi connectivity index (χ1) is 11.4. The van der Waals surface area contributed by atoms with Crippen molar-refractivity contribution in [3.05, 3.63) is 71.8 Å². The number of hydrogen-bond donors (Lipinski definition) is 1. The molecule has 2 heteroatoms. The molecule has 0 saturated carbocycles. The van der Waals surface area contributed by atoms with E-state index in [2.05, 4.69) is 70.9 Å². The van der Waals surface area contributed by atoms with E-state index in [0.29, 0.717) is 12.0 Å². The number of hydrogen-bond acceptors (Lipinski definition) is 2. The lowest BCUT2D eigenvalue weighted by Crippen LogP contribution is -2.36. The molecule has 120 valence electrons. The molecular formula is C21H26N2. The molecule has 4 rings (SSSR count). The van der Waals surface area contributed by atoms with Crippen LogP contribution in [-0.4, -0.2) is 37.1 Å². The lowest BCUT2D eigenvalue weighted by Gasteiger charge is -2.21. The fourth-order valence-corrected chi connectivity index (χ4v) is 4.24. The van der Waals surface area contributed by atoms with Gasteiger partial charge >= 0.3 is 0 Å². The molecule has 2 aliphatic heterocycles. The van der Waals surface area contributed by atoms with Gasteiger partial charge in [0, 0.05) is 25.7 Å². The average Bonchev–Trinajstić information content (AvgIpc) is 3.27. The number of likely N-dealkylation sites (tertiary alicyclic amines) is 1. The number of nitrogens with zero attached hydrogens (tertiary/aromatic N) is 1. The quantitative estimate of drug-likeness (QED) is 0.928. The van der Waals surface area contributed by atoms with E-state index in [1.54, 1.807) is 0 Å². The summed E-state index contributed by atoms with van der Waals surface area (Å²) in [7, 11) is 0. The van der Waals surface area contributed by atoms with Gasteiger partial charge in [-0.15, -0.1) is 0 Å². The van der Waals surface area contributed by atoms with Crippen molar-refractivity contribution in [1.29, 1.82) is 0 Å². The van der Waals surface area contributed by atoms with Gasteiger partial charge in [0.2, 0.25) is 0 Å². The molecule has 0 radical (unpaired) electrons. The van der Waals surface area contributed by atoms with Crippen molar-refractivity contribution in [3.63, 3.8) is 0 Å². The third kappa shape index (κ3) is 3.49. The van der Waals surface area contributed by atoms with E-state index in [1.165, 1.54) is 43.6 Å². The Morgan fingerprint density at radius 1 is 0.870 bits per heavy atom. The van der Waals surface area contributed by atoms with Crippen LogP contribution < -0.4 is 5.32 Å². The van der Waals surface area contributed by atoms with Crippen molar-refractivity contribution in [3.8, 4) is 0 Å². The van der Waals surface area contributed by atoms with Gasteiger partial charge in [0.25, 0.3) is 0 Å². The molecule has 2 aromatic rings. The summed E-state index contributed by atoms with van der Waals surface area (Å²) >= 11 is 0. The van der Waals surface area contributed by atoms with Gasteiger partial charge in [0.15, 0.2) is 0 Å². The smallest absolute Gasteiger partial charge is 0.0201 e. The summed E-state index contributed by atoms with van der Waals surface area (Å²) in [6, 6.07) is 22.6. The molecule has 1 N–H and O–H groups in total. The van der Waals surface area contributed by atoms with Crippen molar-refractivity contribution in [2.45, 2.75) is 30.7 Å². The van der Waals surface area contributed by atoms with E-state index in [4.69, 9.17) is 0 Å². The second-order valence-corrected chi connectivity index (χ2v) is 7.10. The van der Waals surface area contributed by atoms with Crippen molar-refractivity contribution in [2.75, 3.05) is 26.2 Å². The van der Waals surface area contributed by atoms with Gasteiger partial charge in [-0.2, -0.15) is 0 Å². The summed E-state index contributed by atoms with van der Waals surface area (Å²) in [4.78, 5) is 2.66. The Morgan fingerprint density at radius 3 is 2.22 bits per heavy atom. The zero-order chi connectivity index (χ0) is 15.5. The van der Waals surface area contributed by atoms with Gasteiger partial charge in [-0.3, -0.25) is 0 Å². The van der Waals surface area contributed by atoms with E-state index in [1.807, 2.05) is 0 Å². The third-order valence-corrected chi connectivity index (χ3v) is 5.51. The van der Waals surface area contributed by atoms with Crippen LogP contribution in [0.3, 0.4) is 0 Å². The van der Waals surface area contributed by atoms with E-state index in [0.717, 1.165) is 12.5 Å². The van der Waals surface area contributed by atoms with Crippen LogP contribution in [0.1, 0.15) is 35.8 Å². The van der Waals surface area contributed by atoms with Crippen LogP contribution in [0.15, 0.2) is 60.7 Å². The predicted molar refractivity (Wildman–Crippen MR) is 95.8 cm³/mol. The average molecular weight is 306 g/mol. The van der Waals surface area contributed by atoms with Gasteiger partial charge in [-0.1, -0.05) is 60.7 Å². The van der Waals surface area contributed by atoms with Crippen LogP contribution in [0.5, 0.6) is 0 Å². The van der Waals surface area contributed by atoms with Crippen LogP contribution >= 0.6 is 0 Å². The molecular weight excluding hydrogens is 280 g/mol. The maximum atomic E-state index is 3.74. The fourth-order valence-electron chi connectivity index (χ4n) is 4.24. The lowest BCUT2D eigenvalue weighted by molar-refractivity contribution is 0.299. The van der Waals surface area contributed by atoms with Gasteiger partial charge in [0.05, 0.1) is 0 Å². The molecule has 0 aromatic heterocycles. The van der Waals surface area contributed by atoms with Crippen molar-refractivity contribution in [1.82, 2.24) is 10.2 Å². The topological polar surface area (TPSA) is 15.3 Å². The predicted octanol–water partition coefficient (Wildman–Crippen LogP) is 3.62. The van der Waals surface area contributed by atoms with Gasteiger partial charge in [-0.25, -0.2) is 0 Å². The van der Waals surface area contributed by atoms with Gasteiger partial charge < -0.3 is 10.2 Å². The number of nitrogens with one attached hydrogen (secondary N) is 1. The molecule has 2 nitrogen and oxygen atoms in total. The van der Waals surface area contributed by atoms with Crippen LogP contribution in [0.4, 0.5) is 0 Å². The van der Waals surface area contributed by atoms with E-state index >= 15 is 0 Å². The first-order valence-electron chi connectivity index (χ1n) is 8.94. The zero-order valence-electron chi connectivity index (χ0n) is 13.7. The summed E-state index contributed by atoms with van der Waals surface area (Å²) < 4.78 is 0. The minimum absolute atomic E-state index is 0.648. The Morgan fingerprint density at radius 2 is 1.52 bits per heavy atom. The summed E-state index contributed by atoms with van der Waals surface area (Å²) in [6.45, 7) is 4.79. The molecule has 2 aliphatic rings. The van der Waals surface area contributed by atoms with E-state index in [9.17, 15) is 0 Å². The molecule has 2 heterocycles. The molecule has 0 amide bonds. The molecule has 2 saturated heterocycles. The highest BCUT2D eigenvalue weighted by Gasteiger charge is 2.30. The summed E-state index contributed by atoms with van der Waals surface area (Å²) in [5, 5.41) is 3.74. The molecule has 23 heavy (non-hydrogen) atoms. The largest absolute Gasteiger partial charge is 0.312 e. The lowest BCUT2D eigenvalue weighted by atomic mass is 9.96. The van der Waals surface area contributed by atoms with Crippen molar-refractivity contribution < 1.29 is 0 Å². The Balaban J connectivity index is 1.30. The van der Waals surface area contributed by atoms with Gasteiger partial charge in [-0.05, 0) is 42.3 Å².